The van der Waals surface area contributed by atoms with Gasteiger partial charge in [0, 0.05) is 24.7 Å². The van der Waals surface area contributed by atoms with Gasteiger partial charge < -0.3 is 4.90 Å². The van der Waals surface area contributed by atoms with Crippen molar-refractivity contribution in [3.05, 3.63) is 0 Å². The van der Waals surface area contributed by atoms with Crippen molar-refractivity contribution >= 4 is 10.0 Å². The van der Waals surface area contributed by atoms with Gasteiger partial charge in [0.1, 0.15) is 0 Å². The SMILES string of the molecule is CCCC(CN(C)C(C)(C)C)CC(C)(C)N(C)S(C)(=O)=O. The Bertz CT molecular complexity index is 410. The van der Waals surface area contributed by atoms with Crippen LogP contribution in [-0.4, -0.2) is 55.6 Å². The van der Waals surface area contributed by atoms with E-state index >= 15 is 0 Å². The van der Waals surface area contributed by atoms with Crippen LogP contribution in [0.3, 0.4) is 0 Å². The van der Waals surface area contributed by atoms with Crippen LogP contribution in [0.2, 0.25) is 0 Å². The highest BCUT2D eigenvalue weighted by atomic mass is 32.2. The molecule has 0 rings (SSSR count). The van der Waals surface area contributed by atoms with Crippen LogP contribution in [0.1, 0.15) is 60.8 Å². The lowest BCUT2D eigenvalue weighted by atomic mass is 9.86. The van der Waals surface area contributed by atoms with Crippen molar-refractivity contribution in [2.75, 3.05) is 26.9 Å². The highest BCUT2D eigenvalue weighted by Gasteiger charge is 2.33. The largest absolute Gasteiger partial charge is 0.301 e. The molecule has 0 saturated heterocycles. The first kappa shape index (κ1) is 20.9. The fourth-order valence-corrected chi connectivity index (χ4v) is 3.58. The van der Waals surface area contributed by atoms with Crippen LogP contribution in [-0.2, 0) is 10.0 Å². The van der Waals surface area contributed by atoms with Gasteiger partial charge in [-0.2, -0.15) is 4.31 Å². The molecule has 0 amide bonds. The number of hydrogen-bond acceptors (Lipinski definition) is 3. The molecule has 0 aliphatic carbocycles. The smallest absolute Gasteiger partial charge is 0.211 e. The van der Waals surface area contributed by atoms with Gasteiger partial charge in [-0.1, -0.05) is 13.3 Å². The molecular weight excluding hydrogens is 284 g/mol. The third-order valence-corrected chi connectivity index (χ3v) is 6.00. The van der Waals surface area contributed by atoms with E-state index in [9.17, 15) is 8.42 Å². The number of hydrogen-bond donors (Lipinski definition) is 0. The van der Waals surface area contributed by atoms with E-state index in [1.165, 1.54) is 10.6 Å². The molecule has 5 heteroatoms. The van der Waals surface area contributed by atoms with Crippen LogP contribution in [0, 0.1) is 5.92 Å². The van der Waals surface area contributed by atoms with E-state index in [0.29, 0.717) is 5.92 Å². The summed E-state index contributed by atoms with van der Waals surface area (Å²) in [6.45, 7) is 13.9. The van der Waals surface area contributed by atoms with Crippen LogP contribution in [0.5, 0.6) is 0 Å². The van der Waals surface area contributed by atoms with E-state index in [-0.39, 0.29) is 11.1 Å². The highest BCUT2D eigenvalue weighted by molar-refractivity contribution is 7.88. The third-order valence-electron chi connectivity index (χ3n) is 4.51. The predicted octanol–water partition coefficient (Wildman–Crippen LogP) is 3.19. The molecule has 0 fully saturated rings. The molecule has 1 unspecified atom stereocenters. The van der Waals surface area contributed by atoms with Crippen molar-refractivity contribution in [3.63, 3.8) is 0 Å². The first-order chi connectivity index (χ1) is 9.21. The minimum Gasteiger partial charge on any atom is -0.301 e. The first-order valence-electron chi connectivity index (χ1n) is 7.87. The van der Waals surface area contributed by atoms with Gasteiger partial charge in [-0.3, -0.25) is 0 Å². The van der Waals surface area contributed by atoms with Gasteiger partial charge in [-0.15, -0.1) is 0 Å². The quantitative estimate of drug-likeness (QED) is 0.689. The van der Waals surface area contributed by atoms with Crippen LogP contribution in [0.15, 0.2) is 0 Å². The Morgan fingerprint density at radius 1 is 1.05 bits per heavy atom. The molecule has 0 aromatic rings. The second kappa shape index (κ2) is 7.42. The Balaban J connectivity index is 5.00. The van der Waals surface area contributed by atoms with Gasteiger partial charge in [-0.05, 0) is 60.4 Å². The number of rotatable bonds is 8. The van der Waals surface area contributed by atoms with Crippen LogP contribution < -0.4 is 0 Å². The summed E-state index contributed by atoms with van der Waals surface area (Å²) in [6, 6.07) is 0. The van der Waals surface area contributed by atoms with Gasteiger partial charge >= 0.3 is 0 Å². The van der Waals surface area contributed by atoms with Gasteiger partial charge in [0.15, 0.2) is 0 Å². The van der Waals surface area contributed by atoms with Gasteiger partial charge in [0.25, 0.3) is 0 Å². The minimum absolute atomic E-state index is 0.138. The van der Waals surface area contributed by atoms with E-state index in [1.54, 1.807) is 7.05 Å². The Hall–Kier alpha value is -0.130. The summed E-state index contributed by atoms with van der Waals surface area (Å²) in [7, 11) is 0.677. The Labute approximate surface area is 132 Å². The summed E-state index contributed by atoms with van der Waals surface area (Å²) in [5, 5.41) is 0. The van der Waals surface area contributed by atoms with Crippen LogP contribution >= 0.6 is 0 Å². The van der Waals surface area contributed by atoms with Crippen molar-refractivity contribution in [3.8, 4) is 0 Å². The molecular formula is C16H36N2O2S. The summed E-state index contributed by atoms with van der Waals surface area (Å²) >= 11 is 0. The maximum atomic E-state index is 11.8. The fraction of sp³-hybridized carbons (Fsp3) is 1.00. The zero-order valence-corrected chi connectivity index (χ0v) is 16.3. The summed E-state index contributed by atoms with van der Waals surface area (Å²) in [6.07, 6.45) is 4.42. The Kier molecular flexibility index (Phi) is 7.38. The van der Waals surface area contributed by atoms with Gasteiger partial charge in [0.2, 0.25) is 10.0 Å². The Morgan fingerprint density at radius 2 is 1.52 bits per heavy atom. The molecule has 0 N–H and O–H groups in total. The maximum Gasteiger partial charge on any atom is 0.211 e. The first-order valence-corrected chi connectivity index (χ1v) is 9.72. The lowest BCUT2D eigenvalue weighted by Crippen LogP contribution is -2.48. The van der Waals surface area contributed by atoms with Crippen LogP contribution in [0.4, 0.5) is 0 Å². The fourth-order valence-electron chi connectivity index (χ4n) is 2.61. The zero-order valence-electron chi connectivity index (χ0n) is 15.5. The van der Waals surface area contributed by atoms with E-state index < -0.39 is 10.0 Å². The lowest BCUT2D eigenvalue weighted by Gasteiger charge is -2.40. The molecule has 0 bridgehead atoms. The van der Waals surface area contributed by atoms with Crippen molar-refractivity contribution < 1.29 is 8.42 Å². The topological polar surface area (TPSA) is 40.6 Å². The monoisotopic (exact) mass is 320 g/mol. The molecule has 0 radical (unpaired) electrons. The molecule has 0 spiro atoms. The molecule has 1 atom stereocenters. The second-order valence-electron chi connectivity index (χ2n) is 7.95. The molecule has 0 heterocycles. The number of sulfonamides is 1. The average molecular weight is 321 g/mol. The van der Waals surface area contributed by atoms with Crippen molar-refractivity contribution in [2.24, 2.45) is 5.92 Å². The molecule has 0 aromatic heterocycles. The summed E-state index contributed by atoms with van der Waals surface area (Å²) in [5.41, 5.74) is -0.217. The summed E-state index contributed by atoms with van der Waals surface area (Å²) in [5.74, 6) is 0.499. The maximum absolute atomic E-state index is 11.8. The van der Waals surface area contributed by atoms with Gasteiger partial charge in [0.05, 0.1) is 6.26 Å². The third kappa shape index (κ3) is 7.11. The molecule has 0 saturated carbocycles. The van der Waals surface area contributed by atoms with E-state index in [1.807, 2.05) is 13.8 Å². The normalized spacial score (nSPS) is 15.8. The molecule has 128 valence electrons. The van der Waals surface area contributed by atoms with E-state index in [4.69, 9.17) is 0 Å². The molecule has 21 heavy (non-hydrogen) atoms. The zero-order chi connectivity index (χ0) is 17.1. The lowest BCUT2D eigenvalue weighted by molar-refractivity contribution is 0.117. The van der Waals surface area contributed by atoms with Crippen molar-refractivity contribution in [1.29, 1.82) is 0 Å². The van der Waals surface area contributed by atoms with E-state index in [0.717, 1.165) is 25.8 Å². The Morgan fingerprint density at radius 3 is 1.86 bits per heavy atom. The van der Waals surface area contributed by atoms with Gasteiger partial charge in [-0.25, -0.2) is 8.42 Å². The highest BCUT2D eigenvalue weighted by Crippen LogP contribution is 2.28. The number of nitrogens with zero attached hydrogens (tertiary/aromatic N) is 2. The van der Waals surface area contributed by atoms with Crippen molar-refractivity contribution in [2.45, 2.75) is 71.9 Å². The summed E-state index contributed by atoms with van der Waals surface area (Å²) < 4.78 is 25.1. The molecule has 0 aromatic carbocycles. The van der Waals surface area contributed by atoms with Crippen molar-refractivity contribution in [1.82, 2.24) is 9.21 Å². The summed E-state index contributed by atoms with van der Waals surface area (Å²) in [4.78, 5) is 2.36. The second-order valence-corrected chi connectivity index (χ2v) is 9.97. The minimum atomic E-state index is -3.16. The van der Waals surface area contributed by atoms with Crippen LogP contribution in [0.25, 0.3) is 0 Å². The molecule has 4 nitrogen and oxygen atoms in total. The van der Waals surface area contributed by atoms with E-state index in [2.05, 4.69) is 39.6 Å². The predicted molar refractivity (Wildman–Crippen MR) is 92.1 cm³/mol. The molecule has 0 aliphatic rings. The standard InChI is InChI=1S/C16H36N2O2S/c1-10-11-14(13-17(7)15(2,3)4)12-16(5,6)18(8)21(9,19)20/h14H,10-13H2,1-9H3. The molecule has 0 aliphatic heterocycles. The average Bonchev–Trinajstić information content (AvgIpc) is 2.25.